The number of nitrogens with two attached hydrogens (primary N) is 1. The molecule has 0 radical (unpaired) electrons. The molecule has 3 amide bonds. The lowest BCUT2D eigenvalue weighted by atomic mass is 10.0. The van der Waals surface area contributed by atoms with E-state index in [0.717, 1.165) is 11.3 Å². The summed E-state index contributed by atoms with van der Waals surface area (Å²) in [6.07, 6.45) is 2.40. The fraction of sp³-hybridized carbons (Fsp3) is 0.552. The molecular weight excluding hydrogens is 590 g/mol. The van der Waals surface area contributed by atoms with Crippen LogP contribution in [0.1, 0.15) is 104 Å². The van der Waals surface area contributed by atoms with Gasteiger partial charge in [-0.15, -0.1) is 11.3 Å². The Hall–Kier alpha value is -4.11. The van der Waals surface area contributed by atoms with Crippen LogP contribution >= 0.6 is 11.3 Å². The second-order valence-electron chi connectivity index (χ2n) is 11.7. The summed E-state index contributed by atoms with van der Waals surface area (Å²) in [5, 5.41) is 17.5. The molecule has 0 aromatic carbocycles. The van der Waals surface area contributed by atoms with Crippen molar-refractivity contribution in [1.82, 2.24) is 30.5 Å². The summed E-state index contributed by atoms with van der Waals surface area (Å²) < 4.78 is 11.2. The van der Waals surface area contributed by atoms with Gasteiger partial charge in [-0.3, -0.25) is 14.4 Å². The third-order valence-electron chi connectivity index (χ3n) is 7.36. The molecule has 44 heavy (non-hydrogen) atoms. The number of oxazole rings is 2. The molecule has 238 valence electrons. The maximum absolute atomic E-state index is 13.2. The van der Waals surface area contributed by atoms with Crippen molar-refractivity contribution in [1.29, 1.82) is 0 Å². The van der Waals surface area contributed by atoms with Gasteiger partial charge in [-0.2, -0.15) is 0 Å². The van der Waals surface area contributed by atoms with E-state index in [2.05, 4.69) is 25.6 Å². The molecule has 0 spiro atoms. The van der Waals surface area contributed by atoms with Gasteiger partial charge in [0.05, 0.1) is 6.04 Å². The number of aryl methyl sites for hydroxylation is 1. The Morgan fingerprint density at radius 1 is 1.11 bits per heavy atom. The quantitative estimate of drug-likeness (QED) is 0.228. The Labute approximate surface area is 258 Å². The van der Waals surface area contributed by atoms with E-state index in [-0.39, 0.29) is 41.0 Å². The molecular formula is C29H39N7O7S. The van der Waals surface area contributed by atoms with Gasteiger partial charge in [-0.1, -0.05) is 27.7 Å². The summed E-state index contributed by atoms with van der Waals surface area (Å²) in [6.45, 7) is 11.4. The number of hydrogen-bond acceptors (Lipinski definition) is 11. The average molecular weight is 630 g/mol. The van der Waals surface area contributed by atoms with Crippen molar-refractivity contribution < 1.29 is 33.1 Å². The fourth-order valence-electron chi connectivity index (χ4n) is 4.87. The van der Waals surface area contributed by atoms with E-state index in [1.165, 1.54) is 16.2 Å². The topological polar surface area (TPSA) is 207 Å². The van der Waals surface area contributed by atoms with Crippen molar-refractivity contribution in [2.24, 2.45) is 17.6 Å². The summed E-state index contributed by atoms with van der Waals surface area (Å²) in [7, 11) is 0. The first-order valence-corrected chi connectivity index (χ1v) is 15.4. The number of rotatable bonds is 12. The first kappa shape index (κ1) is 32.8. The molecule has 3 aromatic rings. The van der Waals surface area contributed by atoms with E-state index in [9.17, 15) is 24.3 Å². The third kappa shape index (κ3) is 7.33. The van der Waals surface area contributed by atoms with Crippen molar-refractivity contribution in [2.75, 3.05) is 6.54 Å². The van der Waals surface area contributed by atoms with Crippen LogP contribution in [-0.2, 0) is 9.59 Å². The summed E-state index contributed by atoms with van der Waals surface area (Å²) >= 11 is 1.40. The minimum absolute atomic E-state index is 0.0499. The van der Waals surface area contributed by atoms with E-state index in [1.807, 2.05) is 27.7 Å². The summed E-state index contributed by atoms with van der Waals surface area (Å²) in [4.78, 5) is 65.4. The Morgan fingerprint density at radius 2 is 1.84 bits per heavy atom. The van der Waals surface area contributed by atoms with Crippen molar-refractivity contribution >= 4 is 35.0 Å². The third-order valence-corrected chi connectivity index (χ3v) is 8.31. The highest BCUT2D eigenvalue weighted by Gasteiger charge is 2.38. The summed E-state index contributed by atoms with van der Waals surface area (Å²) in [5.41, 5.74) is 6.66. The molecule has 0 saturated carbocycles. The monoisotopic (exact) mass is 629 g/mol. The molecule has 3 aromatic heterocycles. The predicted octanol–water partition coefficient (Wildman–Crippen LogP) is 3.46. The number of nitrogens with zero attached hydrogens (tertiary/aromatic N) is 4. The van der Waals surface area contributed by atoms with Crippen LogP contribution in [0.2, 0.25) is 0 Å². The Bertz CT molecular complexity index is 1510. The smallest absolute Gasteiger partial charge is 0.326 e. The molecule has 5 N–H and O–H groups in total. The molecule has 1 fully saturated rings. The van der Waals surface area contributed by atoms with Crippen LogP contribution in [0, 0.1) is 18.8 Å². The zero-order valence-electron chi connectivity index (χ0n) is 25.6. The highest BCUT2D eigenvalue weighted by Crippen LogP contribution is 2.29. The van der Waals surface area contributed by atoms with E-state index >= 15 is 0 Å². The van der Waals surface area contributed by atoms with Crippen molar-refractivity contribution in [2.45, 2.75) is 85.0 Å². The summed E-state index contributed by atoms with van der Waals surface area (Å²) in [6, 6.07) is -2.81. The number of carbonyl (C=O) groups excluding carboxylic acids is 3. The van der Waals surface area contributed by atoms with Gasteiger partial charge in [0.2, 0.25) is 17.7 Å². The molecule has 4 atom stereocenters. The number of nitrogens with one attached hydrogen (secondary N) is 2. The minimum atomic E-state index is -1.07. The Kier molecular flexibility index (Phi) is 10.2. The number of likely N-dealkylation sites (tertiary alicyclic amines) is 1. The number of carbonyl (C=O) groups is 4. The number of carboxylic acids is 1. The lowest BCUT2D eigenvalue weighted by Crippen LogP contribution is -2.52. The van der Waals surface area contributed by atoms with Crippen molar-refractivity contribution in [3.8, 4) is 11.6 Å². The van der Waals surface area contributed by atoms with Crippen LogP contribution in [0.4, 0.5) is 0 Å². The van der Waals surface area contributed by atoms with E-state index in [0.29, 0.717) is 37.3 Å². The second-order valence-corrected chi connectivity index (χ2v) is 12.6. The van der Waals surface area contributed by atoms with Gasteiger partial charge in [0.1, 0.15) is 40.9 Å². The minimum Gasteiger partial charge on any atom is -0.480 e. The predicted molar refractivity (Wildman–Crippen MR) is 160 cm³/mol. The Balaban J connectivity index is 1.41. The highest BCUT2D eigenvalue weighted by atomic mass is 32.1. The molecule has 1 aliphatic rings. The Morgan fingerprint density at radius 3 is 2.50 bits per heavy atom. The van der Waals surface area contributed by atoms with E-state index < -0.39 is 41.8 Å². The SMILES string of the molecule is Cc1oc(-c2csc([C@@H](N)C(C)C)n2)nc1C(=O)N[C@@H](C)c1nc(C(=O)N[C@@H](CC(C)C)C(=O)N2CCC[C@H]2C(=O)O)co1. The first-order valence-electron chi connectivity index (χ1n) is 14.6. The van der Waals surface area contributed by atoms with E-state index in [1.54, 1.807) is 19.2 Å². The van der Waals surface area contributed by atoms with Crippen LogP contribution < -0.4 is 16.4 Å². The molecule has 4 heterocycles. The number of aromatic nitrogens is 3. The van der Waals surface area contributed by atoms with Crippen LogP contribution in [0.25, 0.3) is 11.6 Å². The van der Waals surface area contributed by atoms with Gasteiger partial charge in [0, 0.05) is 11.9 Å². The molecule has 1 aliphatic heterocycles. The van der Waals surface area contributed by atoms with Crippen molar-refractivity contribution in [3.63, 3.8) is 0 Å². The van der Waals surface area contributed by atoms with Gasteiger partial charge < -0.3 is 35.2 Å². The first-order chi connectivity index (χ1) is 20.8. The zero-order chi connectivity index (χ0) is 32.3. The number of thiazole rings is 1. The molecule has 0 aliphatic carbocycles. The number of carboxylic acid groups (broad SMARTS) is 1. The number of hydrogen-bond donors (Lipinski definition) is 4. The molecule has 4 rings (SSSR count). The zero-order valence-corrected chi connectivity index (χ0v) is 26.4. The highest BCUT2D eigenvalue weighted by molar-refractivity contribution is 7.10. The van der Waals surface area contributed by atoms with Crippen LogP contribution in [-0.4, -0.2) is 67.3 Å². The van der Waals surface area contributed by atoms with Gasteiger partial charge in [-0.25, -0.2) is 19.7 Å². The van der Waals surface area contributed by atoms with Gasteiger partial charge in [-0.05, 0) is 44.9 Å². The lowest BCUT2D eigenvalue weighted by molar-refractivity contribution is -0.149. The molecule has 0 unspecified atom stereocenters. The van der Waals surface area contributed by atoms with Crippen molar-refractivity contribution in [3.05, 3.63) is 39.7 Å². The standard InChI is InChI=1S/C29H39N7O7S/c1-13(2)10-17(28(39)36-9-7-8-20(36)29(40)41)32-23(37)18-11-42-25(33-18)15(5)31-24(38)22-16(6)43-26(35-22)19-12-44-27(34-19)21(30)14(3)4/h11-15,17,20-21H,7-10,30H2,1-6H3,(H,31,38)(H,32,37)(H,40,41)/t15-,17-,20-,21-/m0/s1. The molecule has 0 bridgehead atoms. The second kappa shape index (κ2) is 13.7. The van der Waals surface area contributed by atoms with Crippen LogP contribution in [0.5, 0.6) is 0 Å². The average Bonchev–Trinajstić information content (AvgIpc) is 3.77. The maximum atomic E-state index is 13.2. The maximum Gasteiger partial charge on any atom is 0.326 e. The van der Waals surface area contributed by atoms with Gasteiger partial charge >= 0.3 is 5.97 Å². The molecule has 15 heteroatoms. The fourth-order valence-corrected chi connectivity index (χ4v) is 5.84. The number of aliphatic carboxylic acids is 1. The largest absolute Gasteiger partial charge is 0.480 e. The van der Waals surface area contributed by atoms with E-state index in [4.69, 9.17) is 14.6 Å². The number of amides is 3. The van der Waals surface area contributed by atoms with Crippen LogP contribution in [0.15, 0.2) is 20.5 Å². The van der Waals surface area contributed by atoms with Gasteiger partial charge in [0.25, 0.3) is 11.8 Å². The normalized spacial score (nSPS) is 17.1. The molecule has 14 nitrogen and oxygen atoms in total. The molecule has 1 saturated heterocycles. The summed E-state index contributed by atoms with van der Waals surface area (Å²) in [5.74, 6) is -1.89. The lowest BCUT2D eigenvalue weighted by Gasteiger charge is -2.28. The van der Waals surface area contributed by atoms with Crippen LogP contribution in [0.3, 0.4) is 0 Å². The van der Waals surface area contributed by atoms with Gasteiger partial charge in [0.15, 0.2) is 11.4 Å².